The van der Waals surface area contributed by atoms with Crippen LogP contribution in [0.25, 0.3) is 17.1 Å². The molecule has 2 aromatic heterocycles. The van der Waals surface area contributed by atoms with Crippen molar-refractivity contribution in [2.45, 2.75) is 0 Å². The van der Waals surface area contributed by atoms with E-state index in [-0.39, 0.29) is 5.82 Å². The fourth-order valence-corrected chi connectivity index (χ4v) is 1.81. The number of benzene rings is 1. The van der Waals surface area contributed by atoms with E-state index >= 15 is 0 Å². The topological polar surface area (TPSA) is 54.5 Å². The number of rotatable bonds is 2. The van der Waals surface area contributed by atoms with Crippen LogP contribution in [-0.4, -0.2) is 14.8 Å². The maximum absolute atomic E-state index is 12.9. The summed E-state index contributed by atoms with van der Waals surface area (Å²) < 4.78 is 14.5. The second-order valence-corrected chi connectivity index (χ2v) is 4.17. The van der Waals surface area contributed by atoms with Gasteiger partial charge in [0.05, 0.1) is 16.9 Å². The van der Waals surface area contributed by atoms with Crippen LogP contribution in [0, 0.1) is 17.1 Å². The van der Waals surface area contributed by atoms with Gasteiger partial charge in [-0.2, -0.15) is 10.4 Å². The second kappa shape index (κ2) is 4.94. The van der Waals surface area contributed by atoms with Gasteiger partial charge < -0.3 is 0 Å². The molecule has 0 spiro atoms. The molecule has 3 aromatic rings. The molecule has 0 unspecified atom stereocenters. The van der Waals surface area contributed by atoms with Gasteiger partial charge in [-0.1, -0.05) is 0 Å². The lowest BCUT2D eigenvalue weighted by molar-refractivity contribution is 0.627. The SMILES string of the molecule is N#Cc1ccc(-c2ccn(-c3ccc(F)cc3)n2)nc1. The molecule has 2 heterocycles. The summed E-state index contributed by atoms with van der Waals surface area (Å²) in [5.74, 6) is -0.283. The Kier molecular flexibility index (Phi) is 2.98. The van der Waals surface area contributed by atoms with E-state index in [1.54, 1.807) is 35.1 Å². The minimum atomic E-state index is -0.283. The minimum Gasteiger partial charge on any atom is -0.253 e. The molecule has 0 fully saturated rings. The number of hydrogen-bond acceptors (Lipinski definition) is 3. The molecule has 0 N–H and O–H groups in total. The third-order valence-electron chi connectivity index (χ3n) is 2.84. The number of hydrogen-bond donors (Lipinski definition) is 0. The zero-order valence-electron chi connectivity index (χ0n) is 10.4. The van der Waals surface area contributed by atoms with E-state index in [0.29, 0.717) is 17.0 Å². The van der Waals surface area contributed by atoms with E-state index in [1.165, 1.54) is 18.3 Å². The van der Waals surface area contributed by atoms with Gasteiger partial charge in [0.15, 0.2) is 0 Å². The molecular weight excluding hydrogens is 255 g/mol. The van der Waals surface area contributed by atoms with Crippen LogP contribution in [0.1, 0.15) is 5.56 Å². The molecule has 4 nitrogen and oxygen atoms in total. The van der Waals surface area contributed by atoms with Crippen molar-refractivity contribution in [1.29, 1.82) is 5.26 Å². The molecule has 0 saturated heterocycles. The zero-order chi connectivity index (χ0) is 13.9. The van der Waals surface area contributed by atoms with Gasteiger partial charge in [0.2, 0.25) is 0 Å². The first kappa shape index (κ1) is 12.1. The van der Waals surface area contributed by atoms with Crippen molar-refractivity contribution in [3.63, 3.8) is 0 Å². The maximum atomic E-state index is 12.9. The van der Waals surface area contributed by atoms with Gasteiger partial charge in [0.1, 0.15) is 17.6 Å². The first-order valence-corrected chi connectivity index (χ1v) is 5.94. The van der Waals surface area contributed by atoms with Crippen LogP contribution >= 0.6 is 0 Å². The summed E-state index contributed by atoms with van der Waals surface area (Å²) in [6, 6.07) is 13.3. The summed E-state index contributed by atoms with van der Waals surface area (Å²) in [6.45, 7) is 0. The van der Waals surface area contributed by atoms with Crippen molar-refractivity contribution in [1.82, 2.24) is 14.8 Å². The summed E-state index contributed by atoms with van der Waals surface area (Å²) >= 11 is 0. The summed E-state index contributed by atoms with van der Waals surface area (Å²) in [4.78, 5) is 4.18. The van der Waals surface area contributed by atoms with Crippen molar-refractivity contribution in [3.05, 3.63) is 66.2 Å². The van der Waals surface area contributed by atoms with Crippen LogP contribution in [0.2, 0.25) is 0 Å². The molecule has 0 aliphatic carbocycles. The molecule has 1 aromatic carbocycles. The van der Waals surface area contributed by atoms with Crippen LogP contribution in [-0.2, 0) is 0 Å². The monoisotopic (exact) mass is 264 g/mol. The Balaban J connectivity index is 1.93. The highest BCUT2D eigenvalue weighted by Crippen LogP contribution is 2.16. The van der Waals surface area contributed by atoms with Gasteiger partial charge in [-0.3, -0.25) is 4.98 Å². The van der Waals surface area contributed by atoms with Crippen LogP contribution in [0.15, 0.2) is 54.9 Å². The van der Waals surface area contributed by atoms with Gasteiger partial charge in [0, 0.05) is 12.4 Å². The quantitative estimate of drug-likeness (QED) is 0.715. The third-order valence-corrected chi connectivity index (χ3v) is 2.84. The molecule has 0 aliphatic rings. The lowest BCUT2D eigenvalue weighted by atomic mass is 10.2. The first-order chi connectivity index (χ1) is 9.76. The highest BCUT2D eigenvalue weighted by molar-refractivity contribution is 5.54. The number of aromatic nitrogens is 3. The molecule has 0 saturated carbocycles. The Bertz CT molecular complexity index is 767. The Morgan fingerprint density at radius 1 is 1.00 bits per heavy atom. The standard InChI is InChI=1S/C15H9FN4/c16-12-2-4-13(5-3-12)20-8-7-15(19-20)14-6-1-11(9-17)10-18-14/h1-8,10H. The summed E-state index contributed by atoms with van der Waals surface area (Å²) in [7, 11) is 0. The van der Waals surface area contributed by atoms with Gasteiger partial charge in [0.25, 0.3) is 0 Å². The Labute approximate surface area is 114 Å². The summed E-state index contributed by atoms with van der Waals surface area (Å²) in [5, 5.41) is 13.1. The van der Waals surface area contributed by atoms with E-state index in [1.807, 2.05) is 12.1 Å². The van der Waals surface area contributed by atoms with E-state index in [4.69, 9.17) is 5.26 Å². The van der Waals surface area contributed by atoms with E-state index in [2.05, 4.69) is 10.1 Å². The van der Waals surface area contributed by atoms with Gasteiger partial charge in [-0.25, -0.2) is 9.07 Å². The fraction of sp³-hybridized carbons (Fsp3) is 0. The Morgan fingerprint density at radius 2 is 1.80 bits per heavy atom. The van der Waals surface area contributed by atoms with E-state index in [0.717, 1.165) is 5.69 Å². The van der Waals surface area contributed by atoms with Crippen LogP contribution < -0.4 is 0 Å². The molecule has 0 amide bonds. The molecule has 0 radical (unpaired) electrons. The Morgan fingerprint density at radius 3 is 2.45 bits per heavy atom. The van der Waals surface area contributed by atoms with Gasteiger partial charge >= 0.3 is 0 Å². The van der Waals surface area contributed by atoms with E-state index in [9.17, 15) is 4.39 Å². The number of nitrogens with zero attached hydrogens (tertiary/aromatic N) is 4. The third kappa shape index (κ3) is 2.27. The van der Waals surface area contributed by atoms with Crippen molar-refractivity contribution in [3.8, 4) is 23.1 Å². The average molecular weight is 264 g/mol. The molecule has 0 atom stereocenters. The van der Waals surface area contributed by atoms with Crippen molar-refractivity contribution >= 4 is 0 Å². The molecule has 96 valence electrons. The Hall–Kier alpha value is -3.00. The first-order valence-electron chi connectivity index (χ1n) is 5.94. The van der Waals surface area contributed by atoms with Crippen molar-refractivity contribution < 1.29 is 4.39 Å². The molecule has 20 heavy (non-hydrogen) atoms. The maximum Gasteiger partial charge on any atom is 0.123 e. The lowest BCUT2D eigenvalue weighted by Crippen LogP contribution is -1.95. The van der Waals surface area contributed by atoms with Crippen LogP contribution in [0.4, 0.5) is 4.39 Å². The van der Waals surface area contributed by atoms with Crippen LogP contribution in [0.5, 0.6) is 0 Å². The molecular formula is C15H9FN4. The summed E-state index contributed by atoms with van der Waals surface area (Å²) in [5.41, 5.74) is 2.65. The number of halogens is 1. The number of nitriles is 1. The van der Waals surface area contributed by atoms with Gasteiger partial charge in [-0.15, -0.1) is 0 Å². The minimum absolute atomic E-state index is 0.283. The second-order valence-electron chi connectivity index (χ2n) is 4.17. The largest absolute Gasteiger partial charge is 0.253 e. The fourth-order valence-electron chi connectivity index (χ4n) is 1.81. The predicted octanol–water partition coefficient (Wildman–Crippen LogP) is 2.95. The lowest BCUT2D eigenvalue weighted by Gasteiger charge is -2.00. The molecule has 5 heteroatoms. The molecule has 0 aliphatic heterocycles. The summed E-state index contributed by atoms with van der Waals surface area (Å²) in [6.07, 6.45) is 3.29. The smallest absolute Gasteiger partial charge is 0.123 e. The highest BCUT2D eigenvalue weighted by atomic mass is 19.1. The molecule has 0 bridgehead atoms. The predicted molar refractivity (Wildman–Crippen MR) is 71.5 cm³/mol. The average Bonchev–Trinajstić information content (AvgIpc) is 2.98. The highest BCUT2D eigenvalue weighted by Gasteiger charge is 2.05. The van der Waals surface area contributed by atoms with Crippen molar-refractivity contribution in [2.24, 2.45) is 0 Å². The van der Waals surface area contributed by atoms with Crippen molar-refractivity contribution in [2.75, 3.05) is 0 Å². The van der Waals surface area contributed by atoms with Crippen LogP contribution in [0.3, 0.4) is 0 Å². The zero-order valence-corrected chi connectivity index (χ0v) is 10.4. The normalized spacial score (nSPS) is 10.2. The van der Waals surface area contributed by atoms with Gasteiger partial charge in [-0.05, 0) is 42.5 Å². The van der Waals surface area contributed by atoms with E-state index < -0.39 is 0 Å². The molecule has 3 rings (SSSR count). The number of pyridine rings is 1.